The van der Waals surface area contributed by atoms with Crippen LogP contribution in [0.2, 0.25) is 0 Å². The van der Waals surface area contributed by atoms with Crippen LogP contribution in [0.3, 0.4) is 0 Å². The minimum atomic E-state index is -0.950. The Morgan fingerprint density at radius 3 is 2.84 bits per heavy atom. The molecule has 0 bridgehead atoms. The Hall–Kier alpha value is -3.35. The molecule has 2 N–H and O–H groups in total. The molecule has 1 fully saturated rings. The number of amides is 2. The second-order valence-electron chi connectivity index (χ2n) is 8.45. The van der Waals surface area contributed by atoms with Crippen LogP contribution < -0.4 is 15.5 Å². The van der Waals surface area contributed by atoms with E-state index in [2.05, 4.69) is 15.5 Å². The zero-order chi connectivity index (χ0) is 21.5. The van der Waals surface area contributed by atoms with Gasteiger partial charge in [-0.25, -0.2) is 4.79 Å². The van der Waals surface area contributed by atoms with Gasteiger partial charge in [0.25, 0.3) is 5.91 Å². The molecule has 0 spiro atoms. The lowest BCUT2D eigenvalue weighted by Crippen LogP contribution is -2.43. The molecule has 2 aliphatic heterocycles. The van der Waals surface area contributed by atoms with E-state index in [1.54, 1.807) is 19.1 Å². The number of nitrogens with zero attached hydrogens (tertiary/aromatic N) is 1. The lowest BCUT2D eigenvalue weighted by Gasteiger charge is -2.33. The quantitative estimate of drug-likeness (QED) is 0.743. The summed E-state index contributed by atoms with van der Waals surface area (Å²) in [6.45, 7) is 2.38. The lowest BCUT2D eigenvalue weighted by molar-refractivity contribution is -0.123. The van der Waals surface area contributed by atoms with Crippen LogP contribution in [0.1, 0.15) is 47.7 Å². The number of hydrogen-bond donors (Lipinski definition) is 2. The summed E-state index contributed by atoms with van der Waals surface area (Å²) in [7, 11) is 0. The van der Waals surface area contributed by atoms with Gasteiger partial charge in [-0.05, 0) is 80.5 Å². The molecule has 0 saturated carbocycles. The normalized spacial score (nSPS) is 19.7. The smallest absolute Gasteiger partial charge is 0.338 e. The van der Waals surface area contributed by atoms with Gasteiger partial charge >= 0.3 is 5.97 Å². The van der Waals surface area contributed by atoms with Gasteiger partial charge in [0.2, 0.25) is 5.91 Å². The largest absolute Gasteiger partial charge is 0.449 e. The number of anilines is 3. The zero-order valence-electron chi connectivity index (χ0n) is 17.4. The summed E-state index contributed by atoms with van der Waals surface area (Å²) in [5, 5.41) is 5.72. The van der Waals surface area contributed by atoms with E-state index in [4.69, 9.17) is 4.74 Å². The van der Waals surface area contributed by atoms with E-state index >= 15 is 0 Å². The van der Waals surface area contributed by atoms with Crippen LogP contribution in [0.4, 0.5) is 17.1 Å². The number of esters is 1. The van der Waals surface area contributed by atoms with Gasteiger partial charge in [-0.2, -0.15) is 0 Å². The molecule has 0 aromatic heterocycles. The summed E-state index contributed by atoms with van der Waals surface area (Å²) in [5.74, 6) is -1.02. The highest BCUT2D eigenvalue weighted by molar-refractivity contribution is 6.06. The van der Waals surface area contributed by atoms with Crippen molar-refractivity contribution in [3.05, 3.63) is 53.1 Å². The third-order valence-electron chi connectivity index (χ3n) is 6.37. The zero-order valence-corrected chi connectivity index (χ0v) is 17.4. The first-order valence-electron chi connectivity index (χ1n) is 10.8. The van der Waals surface area contributed by atoms with Crippen LogP contribution in [0.15, 0.2) is 36.4 Å². The molecule has 5 rings (SSSR count). The fourth-order valence-corrected chi connectivity index (χ4v) is 4.73. The van der Waals surface area contributed by atoms with Crippen molar-refractivity contribution in [2.75, 3.05) is 22.1 Å². The molecule has 0 unspecified atom stereocenters. The van der Waals surface area contributed by atoms with Crippen molar-refractivity contribution in [3.8, 4) is 0 Å². The maximum atomic E-state index is 12.6. The molecule has 2 amide bonds. The maximum absolute atomic E-state index is 12.6. The first-order valence-corrected chi connectivity index (χ1v) is 10.8. The predicted octanol–water partition coefficient (Wildman–Crippen LogP) is 3.28. The second kappa shape index (κ2) is 7.72. The Labute approximate surface area is 180 Å². The number of fused-ring (bicyclic) bond motifs is 4. The fourth-order valence-electron chi connectivity index (χ4n) is 4.73. The first kappa shape index (κ1) is 19.6. The number of benzene rings is 2. The number of hydrogen-bond acceptors (Lipinski definition) is 5. The van der Waals surface area contributed by atoms with Crippen molar-refractivity contribution >= 4 is 34.8 Å². The van der Waals surface area contributed by atoms with Crippen molar-refractivity contribution in [2.45, 2.75) is 51.2 Å². The van der Waals surface area contributed by atoms with E-state index in [0.717, 1.165) is 44.3 Å². The first-order chi connectivity index (χ1) is 15.0. The Bertz CT molecular complexity index is 1080. The van der Waals surface area contributed by atoms with Gasteiger partial charge in [-0.3, -0.25) is 9.59 Å². The summed E-state index contributed by atoms with van der Waals surface area (Å²) in [6, 6.07) is 10.9. The summed E-state index contributed by atoms with van der Waals surface area (Å²) >= 11 is 0. The molecule has 0 radical (unpaired) electrons. The lowest BCUT2D eigenvalue weighted by atomic mass is 10.1. The Morgan fingerprint density at radius 1 is 1.13 bits per heavy atom. The molecule has 7 nitrogen and oxygen atoms in total. The molecular weight excluding hydrogens is 394 g/mol. The molecule has 1 saturated heterocycles. The van der Waals surface area contributed by atoms with Gasteiger partial charge in [-0.15, -0.1) is 0 Å². The van der Waals surface area contributed by atoms with Crippen LogP contribution in [0.25, 0.3) is 0 Å². The average molecular weight is 419 g/mol. The van der Waals surface area contributed by atoms with Crippen molar-refractivity contribution in [1.82, 2.24) is 0 Å². The Morgan fingerprint density at radius 2 is 1.97 bits per heavy atom. The van der Waals surface area contributed by atoms with Crippen molar-refractivity contribution in [1.29, 1.82) is 0 Å². The topological polar surface area (TPSA) is 87.7 Å². The molecule has 2 aromatic carbocycles. The molecule has 2 heterocycles. The van der Waals surface area contributed by atoms with Crippen LogP contribution in [-0.4, -0.2) is 36.5 Å². The molecule has 2 atom stereocenters. The average Bonchev–Trinajstić information content (AvgIpc) is 3.43. The number of ether oxygens (including phenoxy) is 1. The highest BCUT2D eigenvalue weighted by Crippen LogP contribution is 2.37. The van der Waals surface area contributed by atoms with Crippen LogP contribution in [-0.2, 0) is 27.2 Å². The molecular formula is C24H25N3O4. The Kier molecular flexibility index (Phi) is 4.88. The van der Waals surface area contributed by atoms with Crippen molar-refractivity contribution in [3.63, 3.8) is 0 Å². The maximum Gasteiger partial charge on any atom is 0.338 e. The van der Waals surface area contributed by atoms with Gasteiger partial charge < -0.3 is 20.3 Å². The van der Waals surface area contributed by atoms with E-state index in [1.807, 2.05) is 24.3 Å². The number of carbonyl (C=O) groups excluding carboxylic acids is 3. The van der Waals surface area contributed by atoms with E-state index < -0.39 is 12.1 Å². The van der Waals surface area contributed by atoms with E-state index in [9.17, 15) is 14.4 Å². The standard InChI is InChI=1S/C24H25N3O4/c1-14(22(28)25-18-9-7-15-4-2-5-16(15)12-18)31-24(30)17-8-10-20-19(13-17)26-23(29)21-6-3-11-27(20)21/h7-10,12-14,21H,2-6,11H2,1H3,(H,25,28)(H,26,29)/t14-,21-/m1/s1. The second-order valence-corrected chi connectivity index (χ2v) is 8.45. The van der Waals surface area contributed by atoms with E-state index in [-0.39, 0.29) is 17.9 Å². The minimum Gasteiger partial charge on any atom is -0.449 e. The number of aryl methyl sites for hydroxylation is 2. The van der Waals surface area contributed by atoms with Gasteiger partial charge in [-0.1, -0.05) is 6.07 Å². The van der Waals surface area contributed by atoms with Gasteiger partial charge in [0, 0.05) is 12.2 Å². The molecule has 160 valence electrons. The van der Waals surface area contributed by atoms with Gasteiger partial charge in [0.05, 0.1) is 16.9 Å². The molecule has 3 aliphatic rings. The molecule has 7 heteroatoms. The van der Waals surface area contributed by atoms with Crippen molar-refractivity contribution < 1.29 is 19.1 Å². The highest BCUT2D eigenvalue weighted by Gasteiger charge is 2.36. The molecule has 31 heavy (non-hydrogen) atoms. The number of nitrogens with one attached hydrogen (secondary N) is 2. The van der Waals surface area contributed by atoms with Crippen LogP contribution in [0, 0.1) is 0 Å². The Balaban J connectivity index is 1.25. The monoisotopic (exact) mass is 419 g/mol. The summed E-state index contributed by atoms with van der Waals surface area (Å²) in [5.41, 5.74) is 5.13. The van der Waals surface area contributed by atoms with E-state index in [1.165, 1.54) is 11.1 Å². The molecule has 1 aliphatic carbocycles. The van der Waals surface area contributed by atoms with Crippen molar-refractivity contribution in [2.24, 2.45) is 0 Å². The fraction of sp³-hybridized carbons (Fsp3) is 0.375. The predicted molar refractivity (Wildman–Crippen MR) is 117 cm³/mol. The summed E-state index contributed by atoms with van der Waals surface area (Å²) < 4.78 is 5.39. The summed E-state index contributed by atoms with van der Waals surface area (Å²) in [4.78, 5) is 39.5. The summed E-state index contributed by atoms with van der Waals surface area (Å²) in [6.07, 6.45) is 4.10. The van der Waals surface area contributed by atoms with Gasteiger partial charge in [0.15, 0.2) is 6.10 Å². The van der Waals surface area contributed by atoms with E-state index in [0.29, 0.717) is 16.9 Å². The SMILES string of the molecule is C[C@@H](OC(=O)c1ccc2c(c1)NC(=O)[C@H]1CCCN21)C(=O)Nc1ccc2c(c1)CCC2. The third kappa shape index (κ3) is 3.65. The highest BCUT2D eigenvalue weighted by atomic mass is 16.5. The number of carbonyl (C=O) groups is 3. The molecule has 2 aromatic rings. The number of rotatable bonds is 4. The van der Waals surface area contributed by atoms with Gasteiger partial charge in [0.1, 0.15) is 6.04 Å². The third-order valence-corrected chi connectivity index (χ3v) is 6.37. The van der Waals surface area contributed by atoms with Crippen LogP contribution >= 0.6 is 0 Å². The van der Waals surface area contributed by atoms with Crippen LogP contribution in [0.5, 0.6) is 0 Å². The minimum absolute atomic E-state index is 0.0439.